The Balaban J connectivity index is 1.15. The first-order valence-electron chi connectivity index (χ1n) is 14.7. The van der Waals surface area contributed by atoms with Gasteiger partial charge >= 0.3 is 6.03 Å². The molecule has 6 rings (SSSR count). The van der Waals surface area contributed by atoms with Gasteiger partial charge in [-0.05, 0) is 91.3 Å². The van der Waals surface area contributed by atoms with Crippen molar-refractivity contribution in [3.05, 3.63) is 101 Å². The lowest BCUT2D eigenvalue weighted by Crippen LogP contribution is -2.57. The van der Waals surface area contributed by atoms with E-state index in [0.29, 0.717) is 52.1 Å². The summed E-state index contributed by atoms with van der Waals surface area (Å²) in [7, 11) is 0. The molecule has 1 saturated carbocycles. The Bertz CT molecular complexity index is 1410. The molecule has 1 atom stereocenters. The van der Waals surface area contributed by atoms with E-state index in [1.165, 1.54) is 36.4 Å². The van der Waals surface area contributed by atoms with E-state index >= 15 is 0 Å². The molecule has 1 aliphatic carbocycles. The zero-order chi connectivity index (χ0) is 29.3. The molecular weight excluding hydrogens is 541 g/mol. The van der Waals surface area contributed by atoms with Gasteiger partial charge in [0.25, 0.3) is 0 Å². The standard InChI is InChI=1S/C33H35F3N4O2/c34-26-8-6-25(7-9-26)33(31(41)37-30(23-4-5-23)24-2-1-3-28(36)22-24)14-16-39(17-15-33)32(42)40-20-18-38(19-21-40)29-12-10-27(35)11-13-29/h1-3,6-13,22-23,30H,4-5,14-21H2,(H,37,41)/t30-/m0/s1. The van der Waals surface area contributed by atoms with Crippen LogP contribution in [0.5, 0.6) is 0 Å². The van der Waals surface area contributed by atoms with Crippen molar-refractivity contribution in [3.63, 3.8) is 0 Å². The molecule has 0 bridgehead atoms. The number of rotatable bonds is 6. The zero-order valence-corrected chi connectivity index (χ0v) is 23.4. The summed E-state index contributed by atoms with van der Waals surface area (Å²) < 4.78 is 41.3. The smallest absolute Gasteiger partial charge is 0.320 e. The van der Waals surface area contributed by atoms with Crippen molar-refractivity contribution in [1.29, 1.82) is 0 Å². The van der Waals surface area contributed by atoms with E-state index in [0.717, 1.165) is 29.7 Å². The van der Waals surface area contributed by atoms with Crippen LogP contribution < -0.4 is 10.2 Å². The normalized spacial score (nSPS) is 19.4. The van der Waals surface area contributed by atoms with Crippen LogP contribution in [0.3, 0.4) is 0 Å². The summed E-state index contributed by atoms with van der Waals surface area (Å²) in [5, 5.41) is 3.24. The lowest BCUT2D eigenvalue weighted by Gasteiger charge is -2.44. The number of halogens is 3. The Hall–Kier alpha value is -4.01. The second-order valence-electron chi connectivity index (χ2n) is 11.7. The Morgan fingerprint density at radius 3 is 1.93 bits per heavy atom. The largest absolute Gasteiger partial charge is 0.368 e. The molecule has 0 unspecified atom stereocenters. The van der Waals surface area contributed by atoms with E-state index in [1.54, 1.807) is 35.2 Å². The first-order valence-corrected chi connectivity index (χ1v) is 14.7. The number of benzene rings is 3. The minimum atomic E-state index is -0.938. The van der Waals surface area contributed by atoms with Gasteiger partial charge in [-0.2, -0.15) is 0 Å². The predicted octanol–water partition coefficient (Wildman–Crippen LogP) is 5.65. The van der Waals surface area contributed by atoms with Crippen molar-refractivity contribution >= 4 is 17.6 Å². The van der Waals surface area contributed by atoms with Crippen LogP contribution >= 0.6 is 0 Å². The molecule has 6 nitrogen and oxygen atoms in total. The van der Waals surface area contributed by atoms with Crippen molar-refractivity contribution < 1.29 is 22.8 Å². The van der Waals surface area contributed by atoms with Gasteiger partial charge in [-0.3, -0.25) is 4.79 Å². The zero-order valence-electron chi connectivity index (χ0n) is 23.4. The third-order valence-electron chi connectivity index (χ3n) is 9.05. The Kier molecular flexibility index (Phi) is 7.84. The van der Waals surface area contributed by atoms with Crippen molar-refractivity contribution in [2.24, 2.45) is 5.92 Å². The fraction of sp³-hybridized carbons (Fsp3) is 0.394. The summed E-state index contributed by atoms with van der Waals surface area (Å²) in [5.74, 6) is -0.921. The number of nitrogens with zero attached hydrogens (tertiary/aromatic N) is 3. The topological polar surface area (TPSA) is 55.9 Å². The first-order chi connectivity index (χ1) is 20.3. The van der Waals surface area contributed by atoms with E-state index in [-0.39, 0.29) is 41.3 Å². The third-order valence-corrected chi connectivity index (χ3v) is 9.05. The second kappa shape index (κ2) is 11.7. The number of amides is 3. The predicted molar refractivity (Wildman–Crippen MR) is 154 cm³/mol. The van der Waals surface area contributed by atoms with Gasteiger partial charge in [-0.1, -0.05) is 24.3 Å². The van der Waals surface area contributed by atoms with Gasteiger partial charge in [0.2, 0.25) is 5.91 Å². The van der Waals surface area contributed by atoms with Gasteiger partial charge in [-0.25, -0.2) is 18.0 Å². The van der Waals surface area contributed by atoms with E-state index < -0.39 is 5.41 Å². The Morgan fingerprint density at radius 2 is 1.33 bits per heavy atom. The molecule has 42 heavy (non-hydrogen) atoms. The number of carbonyl (C=O) groups is 2. The van der Waals surface area contributed by atoms with Crippen LogP contribution in [0.1, 0.15) is 42.9 Å². The molecule has 0 aromatic heterocycles. The van der Waals surface area contributed by atoms with Crippen LogP contribution in [0.2, 0.25) is 0 Å². The van der Waals surface area contributed by atoms with Crippen LogP contribution in [0.4, 0.5) is 23.7 Å². The fourth-order valence-corrected chi connectivity index (χ4v) is 6.39. The minimum absolute atomic E-state index is 0.0579. The van der Waals surface area contributed by atoms with Crippen molar-refractivity contribution in [2.75, 3.05) is 44.2 Å². The Morgan fingerprint density at radius 1 is 0.738 bits per heavy atom. The summed E-state index contributed by atoms with van der Waals surface area (Å²) in [6.45, 7) is 3.16. The number of piperazine rings is 1. The average Bonchev–Trinajstić information content (AvgIpc) is 3.86. The highest BCUT2D eigenvalue weighted by atomic mass is 19.1. The van der Waals surface area contributed by atoms with Crippen LogP contribution in [-0.4, -0.2) is 61.0 Å². The summed E-state index contributed by atoms with van der Waals surface area (Å²) in [5.41, 5.74) is 1.45. The maximum atomic E-state index is 14.1. The van der Waals surface area contributed by atoms with Crippen LogP contribution in [0.25, 0.3) is 0 Å². The Labute approximate surface area is 244 Å². The maximum absolute atomic E-state index is 14.1. The van der Waals surface area contributed by atoms with Gasteiger partial charge in [0, 0.05) is 45.0 Å². The number of nitrogens with one attached hydrogen (secondary N) is 1. The fourth-order valence-electron chi connectivity index (χ4n) is 6.39. The number of hydrogen-bond donors (Lipinski definition) is 1. The number of piperidine rings is 1. The molecular formula is C33H35F3N4O2. The lowest BCUT2D eigenvalue weighted by atomic mass is 9.71. The molecule has 220 valence electrons. The van der Waals surface area contributed by atoms with Crippen molar-refractivity contribution in [3.8, 4) is 0 Å². The van der Waals surface area contributed by atoms with E-state index in [9.17, 15) is 22.8 Å². The molecule has 3 amide bonds. The number of hydrogen-bond acceptors (Lipinski definition) is 3. The van der Waals surface area contributed by atoms with E-state index in [1.807, 2.05) is 11.0 Å². The number of carbonyl (C=O) groups excluding carboxylic acids is 2. The monoisotopic (exact) mass is 576 g/mol. The molecule has 9 heteroatoms. The average molecular weight is 577 g/mol. The van der Waals surface area contributed by atoms with Gasteiger partial charge in [0.1, 0.15) is 17.5 Å². The van der Waals surface area contributed by atoms with E-state index in [4.69, 9.17) is 0 Å². The van der Waals surface area contributed by atoms with Gasteiger partial charge in [0.05, 0.1) is 11.5 Å². The van der Waals surface area contributed by atoms with Gasteiger partial charge in [-0.15, -0.1) is 0 Å². The summed E-state index contributed by atoms with van der Waals surface area (Å²) >= 11 is 0. The lowest BCUT2D eigenvalue weighted by molar-refractivity contribution is -0.129. The first kappa shape index (κ1) is 28.1. The molecule has 2 aliphatic heterocycles. The van der Waals surface area contributed by atoms with Crippen molar-refractivity contribution in [2.45, 2.75) is 37.1 Å². The van der Waals surface area contributed by atoms with Crippen LogP contribution in [0, 0.1) is 23.4 Å². The highest BCUT2D eigenvalue weighted by Gasteiger charge is 2.46. The molecule has 3 aromatic carbocycles. The highest BCUT2D eigenvalue weighted by Crippen LogP contribution is 2.43. The maximum Gasteiger partial charge on any atom is 0.320 e. The SMILES string of the molecule is O=C(N1CCN(c2ccc(F)cc2)CC1)N1CCC(C(=O)N[C@H](c2cccc(F)c2)C2CC2)(c2ccc(F)cc2)CC1. The molecule has 3 fully saturated rings. The molecule has 3 aromatic rings. The van der Waals surface area contributed by atoms with Gasteiger partial charge in [0.15, 0.2) is 0 Å². The molecule has 2 saturated heterocycles. The number of anilines is 1. The minimum Gasteiger partial charge on any atom is -0.368 e. The van der Waals surface area contributed by atoms with Crippen molar-refractivity contribution in [1.82, 2.24) is 15.1 Å². The van der Waals surface area contributed by atoms with Gasteiger partial charge < -0.3 is 20.0 Å². The quantitative estimate of drug-likeness (QED) is 0.413. The number of likely N-dealkylation sites (tertiary alicyclic amines) is 1. The molecule has 2 heterocycles. The molecule has 0 radical (unpaired) electrons. The number of urea groups is 1. The van der Waals surface area contributed by atoms with E-state index in [2.05, 4.69) is 10.2 Å². The second-order valence-corrected chi connectivity index (χ2v) is 11.7. The van der Waals surface area contributed by atoms with Crippen LogP contribution in [-0.2, 0) is 10.2 Å². The molecule has 3 aliphatic rings. The summed E-state index contributed by atoms with van der Waals surface area (Å²) in [6.07, 6.45) is 2.71. The summed E-state index contributed by atoms with van der Waals surface area (Å²) in [6, 6.07) is 18.4. The third kappa shape index (κ3) is 5.82. The van der Waals surface area contributed by atoms with Crippen LogP contribution in [0.15, 0.2) is 72.8 Å². The molecule has 1 N–H and O–H groups in total. The molecule has 0 spiro atoms. The highest BCUT2D eigenvalue weighted by molar-refractivity contribution is 5.89. The summed E-state index contributed by atoms with van der Waals surface area (Å²) in [4.78, 5) is 33.4.